The van der Waals surface area contributed by atoms with Gasteiger partial charge in [0.25, 0.3) is 0 Å². The summed E-state index contributed by atoms with van der Waals surface area (Å²) in [5, 5.41) is 7.24. The fraction of sp³-hybridized carbons (Fsp3) is 0.833. The van der Waals surface area contributed by atoms with Crippen LogP contribution < -0.4 is 0 Å². The van der Waals surface area contributed by atoms with Gasteiger partial charge in [0.05, 0.1) is 12.7 Å². The zero-order valence-corrected chi connectivity index (χ0v) is 5.11. The summed E-state index contributed by atoms with van der Waals surface area (Å²) in [7, 11) is 0. The fourth-order valence-corrected chi connectivity index (χ4v) is 0.891. The predicted molar refractivity (Wildman–Crippen MR) is 32.4 cm³/mol. The summed E-state index contributed by atoms with van der Waals surface area (Å²) < 4.78 is 5.21. The molecule has 0 aliphatic carbocycles. The summed E-state index contributed by atoms with van der Waals surface area (Å²) in [4.78, 5) is 0. The van der Waals surface area contributed by atoms with Crippen molar-refractivity contribution in [2.24, 2.45) is 0 Å². The quantitative estimate of drug-likeness (QED) is 0.503. The largest absolute Gasteiger partial charge is 0.378 e. The van der Waals surface area contributed by atoms with Gasteiger partial charge in [0.2, 0.25) is 0 Å². The van der Waals surface area contributed by atoms with E-state index >= 15 is 0 Å². The van der Waals surface area contributed by atoms with Crippen molar-refractivity contribution in [1.82, 2.24) is 0 Å². The Balaban J connectivity index is 2.34. The summed E-state index contributed by atoms with van der Waals surface area (Å²) >= 11 is 0. The topological polar surface area (TPSA) is 33.1 Å². The van der Waals surface area contributed by atoms with Crippen molar-refractivity contribution < 1.29 is 4.74 Å². The third-order valence-electron chi connectivity index (χ3n) is 1.34. The average Bonchev–Trinajstić information content (AvgIpc) is 1.64. The van der Waals surface area contributed by atoms with Gasteiger partial charge in [-0.15, -0.1) is 0 Å². The van der Waals surface area contributed by atoms with E-state index < -0.39 is 0 Å². The minimum Gasteiger partial charge on any atom is -0.378 e. The van der Waals surface area contributed by atoms with E-state index in [1.807, 2.05) is 6.92 Å². The number of hydrogen-bond acceptors (Lipinski definition) is 2. The van der Waals surface area contributed by atoms with Gasteiger partial charge in [0.1, 0.15) is 0 Å². The Morgan fingerprint density at radius 1 is 1.75 bits per heavy atom. The molecular formula is C6H11NO. The van der Waals surface area contributed by atoms with Crippen LogP contribution in [0.15, 0.2) is 0 Å². The second kappa shape index (κ2) is 2.27. The molecule has 1 aliphatic rings. The molecule has 1 fully saturated rings. The number of nitrogens with one attached hydrogen (secondary N) is 1. The lowest BCUT2D eigenvalue weighted by Crippen LogP contribution is -2.21. The van der Waals surface area contributed by atoms with E-state index in [2.05, 4.69) is 0 Å². The monoisotopic (exact) mass is 113 g/mol. The maximum atomic E-state index is 7.24. The van der Waals surface area contributed by atoms with Gasteiger partial charge in [-0.3, -0.25) is 0 Å². The van der Waals surface area contributed by atoms with Crippen LogP contribution in [0.2, 0.25) is 0 Å². The third kappa shape index (κ3) is 1.30. The molecule has 1 atom stereocenters. The van der Waals surface area contributed by atoms with E-state index in [1.165, 1.54) is 0 Å². The lowest BCUT2D eigenvalue weighted by molar-refractivity contribution is 0.0630. The van der Waals surface area contributed by atoms with Crippen molar-refractivity contribution in [2.75, 3.05) is 6.61 Å². The van der Waals surface area contributed by atoms with Crippen molar-refractivity contribution in [2.45, 2.75) is 25.9 Å². The highest BCUT2D eigenvalue weighted by atomic mass is 16.5. The van der Waals surface area contributed by atoms with Crippen molar-refractivity contribution in [3.63, 3.8) is 0 Å². The minimum absolute atomic E-state index is 0.288. The van der Waals surface area contributed by atoms with Crippen LogP contribution in [0.1, 0.15) is 19.8 Å². The molecule has 0 aromatic carbocycles. The first kappa shape index (κ1) is 5.76. The zero-order chi connectivity index (χ0) is 5.98. The maximum Gasteiger partial charge on any atom is 0.0599 e. The van der Waals surface area contributed by atoms with Crippen LogP contribution in [0.3, 0.4) is 0 Å². The van der Waals surface area contributed by atoms with E-state index in [-0.39, 0.29) is 6.10 Å². The first-order valence-electron chi connectivity index (χ1n) is 2.97. The van der Waals surface area contributed by atoms with E-state index in [0.717, 1.165) is 25.2 Å². The van der Waals surface area contributed by atoms with Gasteiger partial charge in [0.15, 0.2) is 0 Å². The summed E-state index contributed by atoms with van der Waals surface area (Å²) in [6, 6.07) is 0. The second-order valence-electron chi connectivity index (χ2n) is 2.24. The van der Waals surface area contributed by atoms with E-state index in [4.69, 9.17) is 10.1 Å². The molecule has 0 spiro atoms. The Morgan fingerprint density at radius 2 is 2.50 bits per heavy atom. The summed E-state index contributed by atoms with van der Waals surface area (Å²) in [5.74, 6) is 0. The molecule has 1 saturated heterocycles. The normalized spacial score (nSPS) is 30.6. The van der Waals surface area contributed by atoms with Gasteiger partial charge >= 0.3 is 0 Å². The highest BCUT2D eigenvalue weighted by Gasteiger charge is 2.11. The summed E-state index contributed by atoms with van der Waals surface area (Å²) in [6.07, 6.45) is 1.96. The van der Waals surface area contributed by atoms with Crippen LogP contribution >= 0.6 is 0 Å². The van der Waals surface area contributed by atoms with Crippen LogP contribution in [-0.2, 0) is 4.74 Å². The van der Waals surface area contributed by atoms with E-state index in [0.29, 0.717) is 0 Å². The first-order chi connectivity index (χ1) is 3.79. The molecule has 1 aliphatic heterocycles. The SMILES string of the molecule is CC1CC(=N)CCO1. The first-order valence-corrected chi connectivity index (χ1v) is 2.97. The molecule has 2 nitrogen and oxygen atoms in total. The summed E-state index contributed by atoms with van der Waals surface area (Å²) in [5.41, 5.74) is 0.837. The van der Waals surface area contributed by atoms with Crippen molar-refractivity contribution in [3.8, 4) is 0 Å². The zero-order valence-electron chi connectivity index (χ0n) is 5.11. The molecule has 46 valence electrons. The van der Waals surface area contributed by atoms with Crippen LogP contribution in [0.5, 0.6) is 0 Å². The number of hydrogen-bond donors (Lipinski definition) is 1. The Morgan fingerprint density at radius 3 is 2.88 bits per heavy atom. The molecule has 1 heterocycles. The molecule has 8 heavy (non-hydrogen) atoms. The van der Waals surface area contributed by atoms with Gasteiger partial charge in [0, 0.05) is 18.6 Å². The molecular weight excluding hydrogens is 102 g/mol. The highest BCUT2D eigenvalue weighted by molar-refractivity contribution is 5.82. The van der Waals surface area contributed by atoms with Gasteiger partial charge in [-0.2, -0.15) is 0 Å². The predicted octanol–water partition coefficient (Wildman–Crippen LogP) is 1.21. The molecule has 0 aromatic heterocycles. The lowest BCUT2D eigenvalue weighted by atomic mass is 10.1. The average molecular weight is 113 g/mol. The van der Waals surface area contributed by atoms with Gasteiger partial charge < -0.3 is 10.1 Å². The second-order valence-corrected chi connectivity index (χ2v) is 2.24. The molecule has 0 aromatic rings. The summed E-state index contributed by atoms with van der Waals surface area (Å²) in [6.45, 7) is 2.76. The van der Waals surface area contributed by atoms with Gasteiger partial charge in [-0.05, 0) is 6.92 Å². The van der Waals surface area contributed by atoms with E-state index in [1.54, 1.807) is 0 Å². The molecule has 0 bridgehead atoms. The van der Waals surface area contributed by atoms with Gasteiger partial charge in [-0.1, -0.05) is 0 Å². The van der Waals surface area contributed by atoms with Gasteiger partial charge in [-0.25, -0.2) is 0 Å². The van der Waals surface area contributed by atoms with E-state index in [9.17, 15) is 0 Å². The fourth-order valence-electron chi connectivity index (χ4n) is 0.891. The Labute approximate surface area is 49.4 Å². The molecule has 0 saturated carbocycles. The Hall–Kier alpha value is -0.370. The lowest BCUT2D eigenvalue weighted by Gasteiger charge is -2.18. The van der Waals surface area contributed by atoms with Crippen LogP contribution in [-0.4, -0.2) is 18.4 Å². The third-order valence-corrected chi connectivity index (χ3v) is 1.34. The number of ether oxygens (including phenoxy) is 1. The van der Waals surface area contributed by atoms with Crippen molar-refractivity contribution in [3.05, 3.63) is 0 Å². The van der Waals surface area contributed by atoms with Crippen molar-refractivity contribution >= 4 is 5.71 Å². The van der Waals surface area contributed by atoms with Crippen molar-refractivity contribution in [1.29, 1.82) is 5.41 Å². The molecule has 1 rings (SSSR count). The standard InChI is InChI=1S/C6H11NO/c1-5-4-6(7)2-3-8-5/h5,7H,2-4H2,1H3. The van der Waals surface area contributed by atoms with Crippen LogP contribution in [0.4, 0.5) is 0 Å². The number of rotatable bonds is 0. The maximum absolute atomic E-state index is 7.24. The van der Waals surface area contributed by atoms with Crippen LogP contribution in [0.25, 0.3) is 0 Å². The Bertz CT molecular complexity index is 101. The van der Waals surface area contributed by atoms with Crippen LogP contribution in [0, 0.1) is 5.41 Å². The Kier molecular flexibility index (Phi) is 1.63. The smallest absolute Gasteiger partial charge is 0.0599 e. The molecule has 1 N–H and O–H groups in total. The molecule has 2 heteroatoms. The highest BCUT2D eigenvalue weighted by Crippen LogP contribution is 2.07. The molecule has 0 amide bonds. The minimum atomic E-state index is 0.288. The molecule has 0 radical (unpaired) electrons. The molecule has 1 unspecified atom stereocenters.